The van der Waals surface area contributed by atoms with Crippen molar-refractivity contribution < 1.29 is 17.9 Å². The molecule has 1 aromatic rings. The van der Waals surface area contributed by atoms with Crippen molar-refractivity contribution in [2.24, 2.45) is 4.99 Å². The highest BCUT2D eigenvalue weighted by atomic mass is 127. The van der Waals surface area contributed by atoms with E-state index in [1.165, 1.54) is 6.26 Å². The van der Waals surface area contributed by atoms with Crippen molar-refractivity contribution >= 4 is 39.8 Å². The molecule has 1 atom stereocenters. The molecule has 0 aliphatic heterocycles. The number of nitrogens with one attached hydrogen (secondary N) is 2. The maximum absolute atomic E-state index is 11.2. The van der Waals surface area contributed by atoms with E-state index in [4.69, 9.17) is 9.47 Å². The summed E-state index contributed by atoms with van der Waals surface area (Å²) in [6, 6.07) is 7.84. The van der Waals surface area contributed by atoms with Gasteiger partial charge in [-0.05, 0) is 37.5 Å². The molecule has 156 valence electrons. The number of guanidine groups is 1. The van der Waals surface area contributed by atoms with Crippen molar-refractivity contribution in [1.82, 2.24) is 10.6 Å². The number of sulfone groups is 1. The number of halogens is 1. The molecule has 0 amide bonds. The third-order valence-corrected chi connectivity index (χ3v) is 4.69. The van der Waals surface area contributed by atoms with Crippen molar-refractivity contribution in [1.29, 1.82) is 0 Å². The molecule has 0 spiro atoms. The number of nitrogens with zero attached hydrogens (tertiary/aromatic N) is 1. The molecule has 0 fully saturated rings. The molecule has 1 rings (SSSR count). The van der Waals surface area contributed by atoms with Gasteiger partial charge in [0.25, 0.3) is 0 Å². The molecule has 1 aromatic carbocycles. The van der Waals surface area contributed by atoms with Gasteiger partial charge < -0.3 is 20.1 Å². The summed E-state index contributed by atoms with van der Waals surface area (Å²) < 4.78 is 33.2. The van der Waals surface area contributed by atoms with Gasteiger partial charge in [0.1, 0.15) is 15.6 Å². The Labute approximate surface area is 180 Å². The lowest BCUT2D eigenvalue weighted by atomic mass is 10.2. The highest BCUT2D eigenvalue weighted by Gasteiger charge is 2.09. The Kier molecular flexibility index (Phi) is 13.4. The van der Waals surface area contributed by atoms with E-state index in [1.54, 1.807) is 14.2 Å². The lowest BCUT2D eigenvalue weighted by Crippen LogP contribution is -2.43. The maximum atomic E-state index is 11.2. The molecular weight excluding hydrogens is 481 g/mol. The van der Waals surface area contributed by atoms with E-state index in [1.807, 2.05) is 31.2 Å². The summed E-state index contributed by atoms with van der Waals surface area (Å²) in [7, 11) is 0.400. The van der Waals surface area contributed by atoms with E-state index in [9.17, 15) is 8.42 Å². The number of ether oxygens (including phenoxy) is 2. The third kappa shape index (κ3) is 12.9. The van der Waals surface area contributed by atoms with Gasteiger partial charge in [-0.2, -0.15) is 0 Å². The minimum Gasteiger partial charge on any atom is -0.497 e. The van der Waals surface area contributed by atoms with Crippen molar-refractivity contribution in [2.45, 2.75) is 32.4 Å². The van der Waals surface area contributed by atoms with Crippen LogP contribution in [0.15, 0.2) is 29.3 Å². The largest absolute Gasteiger partial charge is 0.497 e. The Morgan fingerprint density at radius 3 is 2.48 bits per heavy atom. The zero-order valence-corrected chi connectivity index (χ0v) is 19.7. The summed E-state index contributed by atoms with van der Waals surface area (Å²) in [6.45, 7) is 3.87. The van der Waals surface area contributed by atoms with Crippen LogP contribution in [-0.4, -0.2) is 59.7 Å². The standard InChI is InChI=1S/C18H31N3O4S.HI/c1-15(10-13-26(4,22)23)21-18(19-2)20-11-5-12-25-14-16-6-8-17(24-3)9-7-16;/h6-9,15H,5,10-14H2,1-4H3,(H2,19,20,21);1H. The highest BCUT2D eigenvalue weighted by Crippen LogP contribution is 2.11. The first-order valence-corrected chi connectivity index (χ1v) is 10.8. The molecular formula is C18H32IN3O4S. The summed E-state index contributed by atoms with van der Waals surface area (Å²) in [6.07, 6.45) is 2.64. The molecule has 0 aliphatic carbocycles. The van der Waals surface area contributed by atoms with Crippen LogP contribution in [0.1, 0.15) is 25.3 Å². The van der Waals surface area contributed by atoms with Crippen LogP contribution in [0.25, 0.3) is 0 Å². The molecule has 0 saturated carbocycles. The Morgan fingerprint density at radius 2 is 1.93 bits per heavy atom. The summed E-state index contributed by atoms with van der Waals surface area (Å²) in [5.41, 5.74) is 1.11. The van der Waals surface area contributed by atoms with Crippen LogP contribution in [0.3, 0.4) is 0 Å². The van der Waals surface area contributed by atoms with Gasteiger partial charge in [0.15, 0.2) is 5.96 Å². The normalized spacial score (nSPS) is 12.8. The average Bonchev–Trinajstić information content (AvgIpc) is 2.61. The second kappa shape index (κ2) is 14.0. The molecule has 9 heteroatoms. The van der Waals surface area contributed by atoms with Gasteiger partial charge in [-0.3, -0.25) is 4.99 Å². The zero-order valence-electron chi connectivity index (χ0n) is 16.5. The molecule has 2 N–H and O–H groups in total. The number of methoxy groups -OCH3 is 1. The van der Waals surface area contributed by atoms with Crippen LogP contribution in [-0.2, 0) is 21.2 Å². The smallest absolute Gasteiger partial charge is 0.191 e. The molecule has 0 aliphatic rings. The maximum Gasteiger partial charge on any atom is 0.191 e. The fourth-order valence-electron chi connectivity index (χ4n) is 2.18. The van der Waals surface area contributed by atoms with Crippen LogP contribution in [0.4, 0.5) is 0 Å². The highest BCUT2D eigenvalue weighted by molar-refractivity contribution is 14.0. The molecule has 0 radical (unpaired) electrons. The van der Waals surface area contributed by atoms with E-state index in [0.717, 1.165) is 24.3 Å². The van der Waals surface area contributed by atoms with Gasteiger partial charge in [0, 0.05) is 32.5 Å². The van der Waals surface area contributed by atoms with Crippen molar-refractivity contribution in [3.63, 3.8) is 0 Å². The van der Waals surface area contributed by atoms with Gasteiger partial charge in [0.05, 0.1) is 19.5 Å². The van der Waals surface area contributed by atoms with Gasteiger partial charge in [-0.25, -0.2) is 8.42 Å². The first-order chi connectivity index (χ1) is 12.3. The van der Waals surface area contributed by atoms with E-state index < -0.39 is 9.84 Å². The van der Waals surface area contributed by atoms with Gasteiger partial charge >= 0.3 is 0 Å². The molecule has 1 unspecified atom stereocenters. The minimum atomic E-state index is -2.94. The van der Waals surface area contributed by atoms with E-state index in [-0.39, 0.29) is 35.8 Å². The van der Waals surface area contributed by atoms with Crippen molar-refractivity contribution in [3.05, 3.63) is 29.8 Å². The minimum absolute atomic E-state index is 0. The fraction of sp³-hybridized carbons (Fsp3) is 0.611. The molecule has 0 saturated heterocycles. The zero-order chi connectivity index (χ0) is 19.4. The Bertz CT molecular complexity index is 651. The molecule has 0 bridgehead atoms. The Morgan fingerprint density at radius 1 is 1.26 bits per heavy atom. The van der Waals surface area contributed by atoms with Crippen LogP contribution in [0.2, 0.25) is 0 Å². The predicted octanol–water partition coefficient (Wildman–Crippen LogP) is 2.21. The quantitative estimate of drug-likeness (QED) is 0.204. The number of aliphatic imine (C=N–C) groups is 1. The second-order valence-corrected chi connectivity index (χ2v) is 8.48. The summed E-state index contributed by atoms with van der Waals surface area (Å²) in [4.78, 5) is 4.15. The number of hydrogen-bond acceptors (Lipinski definition) is 5. The van der Waals surface area contributed by atoms with E-state index >= 15 is 0 Å². The molecule has 7 nitrogen and oxygen atoms in total. The number of hydrogen-bond donors (Lipinski definition) is 2. The van der Waals surface area contributed by atoms with Crippen LogP contribution < -0.4 is 15.4 Å². The average molecular weight is 513 g/mol. The summed E-state index contributed by atoms with van der Waals surface area (Å²) in [5, 5.41) is 6.39. The summed E-state index contributed by atoms with van der Waals surface area (Å²) >= 11 is 0. The van der Waals surface area contributed by atoms with Gasteiger partial charge in [0.2, 0.25) is 0 Å². The van der Waals surface area contributed by atoms with Gasteiger partial charge in [-0.15, -0.1) is 24.0 Å². The predicted molar refractivity (Wildman–Crippen MR) is 121 cm³/mol. The second-order valence-electron chi connectivity index (χ2n) is 6.22. The molecule has 0 heterocycles. The van der Waals surface area contributed by atoms with E-state index in [0.29, 0.717) is 25.6 Å². The molecule has 27 heavy (non-hydrogen) atoms. The third-order valence-electron chi connectivity index (χ3n) is 3.71. The summed E-state index contributed by atoms with van der Waals surface area (Å²) in [5.74, 6) is 1.67. The number of rotatable bonds is 11. The van der Waals surface area contributed by atoms with Crippen LogP contribution in [0.5, 0.6) is 5.75 Å². The van der Waals surface area contributed by atoms with Crippen LogP contribution >= 0.6 is 24.0 Å². The molecule has 0 aromatic heterocycles. The lowest BCUT2D eigenvalue weighted by Gasteiger charge is -2.17. The van der Waals surface area contributed by atoms with Crippen LogP contribution in [0, 0.1) is 0 Å². The van der Waals surface area contributed by atoms with E-state index in [2.05, 4.69) is 15.6 Å². The van der Waals surface area contributed by atoms with Crippen molar-refractivity contribution in [2.75, 3.05) is 39.3 Å². The first-order valence-electron chi connectivity index (χ1n) is 8.69. The van der Waals surface area contributed by atoms with Gasteiger partial charge in [-0.1, -0.05) is 12.1 Å². The Hall–Kier alpha value is -1.07. The SMILES string of the molecule is CN=C(NCCCOCc1ccc(OC)cc1)NC(C)CCS(C)(=O)=O.I. The Balaban J connectivity index is 0.00000676. The monoisotopic (exact) mass is 513 g/mol. The number of benzene rings is 1. The first kappa shape index (κ1) is 25.9. The van der Waals surface area contributed by atoms with Crippen molar-refractivity contribution in [3.8, 4) is 5.75 Å². The lowest BCUT2D eigenvalue weighted by molar-refractivity contribution is 0.119. The fourth-order valence-corrected chi connectivity index (χ4v) is 2.97. The topological polar surface area (TPSA) is 89.0 Å².